The highest BCUT2D eigenvalue weighted by molar-refractivity contribution is 5.98. The maximum Gasteiger partial charge on any atom is 0.309 e. The summed E-state index contributed by atoms with van der Waals surface area (Å²) < 4.78 is 23.7. The number of nitrogens with two attached hydrogens (primary N) is 1. The zero-order chi connectivity index (χ0) is 21.7. The van der Waals surface area contributed by atoms with Crippen molar-refractivity contribution in [2.45, 2.75) is 12.8 Å². The minimum atomic E-state index is -0.653. The van der Waals surface area contributed by atoms with Crippen molar-refractivity contribution in [1.29, 1.82) is 0 Å². The van der Waals surface area contributed by atoms with Crippen LogP contribution in [0.2, 0.25) is 0 Å². The number of nitrogens with zero attached hydrogens (tertiary/aromatic N) is 2. The molecular formula is C21H22FN3O5. The molecule has 1 aliphatic rings. The number of primary amides is 1. The van der Waals surface area contributed by atoms with Gasteiger partial charge in [-0.05, 0) is 43.2 Å². The fraction of sp³-hybridized carbons (Fsp3) is 0.333. The van der Waals surface area contributed by atoms with Crippen molar-refractivity contribution in [3.05, 3.63) is 53.5 Å². The van der Waals surface area contributed by atoms with E-state index in [2.05, 4.69) is 4.98 Å². The molecule has 9 heteroatoms. The molecule has 0 radical (unpaired) electrons. The summed E-state index contributed by atoms with van der Waals surface area (Å²) >= 11 is 0. The van der Waals surface area contributed by atoms with E-state index in [4.69, 9.17) is 15.2 Å². The van der Waals surface area contributed by atoms with Gasteiger partial charge in [-0.3, -0.25) is 14.4 Å². The molecular weight excluding hydrogens is 393 g/mol. The van der Waals surface area contributed by atoms with Crippen LogP contribution in [0.3, 0.4) is 0 Å². The zero-order valence-electron chi connectivity index (χ0n) is 16.5. The van der Waals surface area contributed by atoms with E-state index in [0.29, 0.717) is 37.3 Å². The van der Waals surface area contributed by atoms with E-state index in [9.17, 15) is 18.8 Å². The molecule has 8 nitrogen and oxygen atoms in total. The standard InChI is InChI=1S/C21H22FN3O5/c1-29-18-4-2-14(10-16(18)22)17(26)12-30-21(28)13-6-8-25(9-7-13)19-5-3-15(11-24-19)20(23)27/h2-5,10-11,13H,6-9,12H2,1H3,(H2,23,27). The highest BCUT2D eigenvalue weighted by Crippen LogP contribution is 2.23. The molecule has 0 saturated carbocycles. The first kappa shape index (κ1) is 21.2. The van der Waals surface area contributed by atoms with E-state index in [1.54, 1.807) is 12.1 Å². The van der Waals surface area contributed by atoms with Crippen LogP contribution in [0.25, 0.3) is 0 Å². The molecule has 1 aromatic heterocycles. The summed E-state index contributed by atoms with van der Waals surface area (Å²) in [5, 5.41) is 0. The van der Waals surface area contributed by atoms with Gasteiger partial charge in [0.25, 0.3) is 0 Å². The highest BCUT2D eigenvalue weighted by Gasteiger charge is 2.27. The highest BCUT2D eigenvalue weighted by atomic mass is 19.1. The molecule has 2 N–H and O–H groups in total. The van der Waals surface area contributed by atoms with Crippen LogP contribution in [0.4, 0.5) is 10.2 Å². The number of ketones is 1. The number of hydrogen-bond donors (Lipinski definition) is 1. The van der Waals surface area contributed by atoms with Crippen molar-refractivity contribution in [2.24, 2.45) is 11.7 Å². The number of pyridine rings is 1. The Morgan fingerprint density at radius 3 is 2.43 bits per heavy atom. The van der Waals surface area contributed by atoms with E-state index >= 15 is 0 Å². The van der Waals surface area contributed by atoms with Crippen molar-refractivity contribution >= 4 is 23.5 Å². The summed E-state index contributed by atoms with van der Waals surface area (Å²) in [5.74, 6) is -1.72. The Morgan fingerprint density at radius 2 is 1.87 bits per heavy atom. The summed E-state index contributed by atoms with van der Waals surface area (Å²) in [4.78, 5) is 41.8. The molecule has 0 aliphatic carbocycles. The van der Waals surface area contributed by atoms with E-state index in [1.165, 1.54) is 25.4 Å². The number of hydrogen-bond acceptors (Lipinski definition) is 7. The van der Waals surface area contributed by atoms with Gasteiger partial charge in [-0.1, -0.05) is 0 Å². The Hall–Kier alpha value is -3.49. The van der Waals surface area contributed by atoms with Gasteiger partial charge in [-0.2, -0.15) is 0 Å². The van der Waals surface area contributed by atoms with E-state index in [0.717, 1.165) is 6.07 Å². The fourth-order valence-electron chi connectivity index (χ4n) is 3.24. The predicted molar refractivity (Wildman–Crippen MR) is 106 cm³/mol. The summed E-state index contributed by atoms with van der Waals surface area (Å²) in [6, 6.07) is 7.16. The lowest BCUT2D eigenvalue weighted by molar-refractivity contribution is -0.148. The van der Waals surface area contributed by atoms with Gasteiger partial charge < -0.3 is 20.1 Å². The number of anilines is 1. The number of halogens is 1. The third-order valence-corrected chi connectivity index (χ3v) is 5.00. The minimum Gasteiger partial charge on any atom is -0.494 e. The Kier molecular flexibility index (Phi) is 6.61. The van der Waals surface area contributed by atoms with E-state index in [1.807, 2.05) is 4.90 Å². The van der Waals surface area contributed by atoms with Crippen molar-refractivity contribution in [3.63, 3.8) is 0 Å². The Bertz CT molecular complexity index is 940. The second-order valence-corrected chi connectivity index (χ2v) is 6.91. The number of carbonyl (C=O) groups is 3. The quantitative estimate of drug-likeness (QED) is 0.543. The maximum atomic E-state index is 13.7. The number of aromatic nitrogens is 1. The van der Waals surface area contributed by atoms with Gasteiger partial charge in [0, 0.05) is 24.8 Å². The molecule has 0 spiro atoms. The van der Waals surface area contributed by atoms with Gasteiger partial charge >= 0.3 is 5.97 Å². The Morgan fingerprint density at radius 1 is 1.17 bits per heavy atom. The molecule has 1 aliphatic heterocycles. The van der Waals surface area contributed by atoms with Crippen molar-refractivity contribution in [1.82, 2.24) is 4.98 Å². The molecule has 30 heavy (non-hydrogen) atoms. The van der Waals surface area contributed by atoms with Gasteiger partial charge in [0.05, 0.1) is 18.6 Å². The summed E-state index contributed by atoms with van der Waals surface area (Å²) in [6.45, 7) is 0.724. The average molecular weight is 415 g/mol. The van der Waals surface area contributed by atoms with E-state index in [-0.39, 0.29) is 17.2 Å². The first-order valence-corrected chi connectivity index (χ1v) is 9.43. The van der Waals surface area contributed by atoms with Crippen LogP contribution in [-0.4, -0.2) is 49.4 Å². The number of esters is 1. The Balaban J connectivity index is 1.48. The predicted octanol–water partition coefficient (Wildman–Crippen LogP) is 1.97. The number of methoxy groups -OCH3 is 1. The topological polar surface area (TPSA) is 112 Å². The SMILES string of the molecule is COc1ccc(C(=O)COC(=O)C2CCN(c3ccc(C(N)=O)cn3)CC2)cc1F. The first-order chi connectivity index (χ1) is 14.4. The molecule has 1 aromatic carbocycles. The van der Waals surface area contributed by atoms with Crippen molar-refractivity contribution in [2.75, 3.05) is 31.7 Å². The molecule has 0 atom stereocenters. The number of ether oxygens (including phenoxy) is 2. The molecule has 0 unspecified atom stereocenters. The molecule has 1 amide bonds. The number of Topliss-reactive ketones (excluding diaryl/α,β-unsaturated/α-hetero) is 1. The first-order valence-electron chi connectivity index (χ1n) is 9.43. The smallest absolute Gasteiger partial charge is 0.309 e. The third kappa shape index (κ3) is 4.91. The second kappa shape index (κ2) is 9.34. The van der Waals surface area contributed by atoms with Crippen LogP contribution in [-0.2, 0) is 9.53 Å². The maximum absolute atomic E-state index is 13.7. The molecule has 1 saturated heterocycles. The lowest BCUT2D eigenvalue weighted by Crippen LogP contribution is -2.37. The largest absolute Gasteiger partial charge is 0.494 e. The van der Waals surface area contributed by atoms with Gasteiger partial charge in [0.1, 0.15) is 5.82 Å². The Labute approximate surface area is 172 Å². The van der Waals surface area contributed by atoms with Crippen LogP contribution in [0.1, 0.15) is 33.6 Å². The average Bonchev–Trinajstić information content (AvgIpc) is 2.77. The lowest BCUT2D eigenvalue weighted by atomic mass is 9.97. The number of amides is 1. The molecule has 2 aromatic rings. The van der Waals surface area contributed by atoms with E-state index < -0.39 is 30.1 Å². The number of carbonyl (C=O) groups excluding carboxylic acids is 3. The molecule has 2 heterocycles. The number of piperidine rings is 1. The van der Waals surface area contributed by atoms with Crippen molar-refractivity contribution in [3.8, 4) is 5.75 Å². The van der Waals surface area contributed by atoms with Crippen LogP contribution >= 0.6 is 0 Å². The second-order valence-electron chi connectivity index (χ2n) is 6.91. The normalized spacial score (nSPS) is 14.3. The fourth-order valence-corrected chi connectivity index (χ4v) is 3.24. The van der Waals surface area contributed by atoms with Crippen LogP contribution < -0.4 is 15.4 Å². The van der Waals surface area contributed by atoms with Gasteiger partial charge in [0.15, 0.2) is 24.0 Å². The van der Waals surface area contributed by atoms with Gasteiger partial charge in [-0.15, -0.1) is 0 Å². The van der Waals surface area contributed by atoms with Crippen LogP contribution in [0, 0.1) is 11.7 Å². The summed E-state index contributed by atoms with van der Waals surface area (Å²) in [7, 11) is 1.33. The van der Waals surface area contributed by atoms with Gasteiger partial charge in [-0.25, -0.2) is 9.37 Å². The minimum absolute atomic E-state index is 0.0362. The third-order valence-electron chi connectivity index (χ3n) is 5.00. The number of rotatable bonds is 7. The lowest BCUT2D eigenvalue weighted by Gasteiger charge is -2.31. The molecule has 3 rings (SSSR count). The van der Waals surface area contributed by atoms with Crippen LogP contribution in [0.5, 0.6) is 5.75 Å². The molecule has 1 fully saturated rings. The summed E-state index contributed by atoms with van der Waals surface area (Å²) in [6.07, 6.45) is 2.51. The number of benzene rings is 1. The zero-order valence-corrected chi connectivity index (χ0v) is 16.5. The van der Waals surface area contributed by atoms with Crippen molar-refractivity contribution < 1.29 is 28.2 Å². The molecule has 158 valence electrons. The summed E-state index contributed by atoms with van der Waals surface area (Å²) in [5.41, 5.74) is 5.65. The van der Waals surface area contributed by atoms with Gasteiger partial charge in [0.2, 0.25) is 5.91 Å². The van der Waals surface area contributed by atoms with Crippen LogP contribution in [0.15, 0.2) is 36.5 Å². The molecule has 0 bridgehead atoms. The monoisotopic (exact) mass is 415 g/mol.